The Bertz CT molecular complexity index is 1110. The van der Waals surface area contributed by atoms with Crippen molar-refractivity contribution in [3.8, 4) is 0 Å². The highest BCUT2D eigenvalue weighted by Gasteiger charge is 2.37. The number of thioether (sulfide) groups is 1. The van der Waals surface area contributed by atoms with Crippen LogP contribution in [0.25, 0.3) is 10.8 Å². The van der Waals surface area contributed by atoms with Crippen LogP contribution in [0, 0.1) is 0 Å². The number of halogens is 3. The molecule has 1 aliphatic heterocycles. The average Bonchev–Trinajstić information content (AvgIpc) is 3.18. The van der Waals surface area contributed by atoms with Crippen molar-refractivity contribution in [2.45, 2.75) is 16.4 Å². The van der Waals surface area contributed by atoms with E-state index in [0.29, 0.717) is 17.9 Å². The van der Waals surface area contributed by atoms with Crippen LogP contribution in [0.3, 0.4) is 0 Å². The lowest BCUT2D eigenvalue weighted by Gasteiger charge is -2.24. The SMILES string of the molecule is O=S(=O)(c1ccc2ccccc2c1)N1CCSC1c1ccc(C(F)(F)F)cc1. The van der Waals surface area contributed by atoms with Crippen molar-refractivity contribution in [2.75, 3.05) is 12.3 Å². The summed E-state index contributed by atoms with van der Waals surface area (Å²) in [7, 11) is -3.78. The van der Waals surface area contributed by atoms with Crippen molar-refractivity contribution >= 4 is 32.6 Å². The molecule has 0 N–H and O–H groups in total. The Hall–Kier alpha value is -2.03. The van der Waals surface area contributed by atoms with Gasteiger partial charge in [-0.15, -0.1) is 11.8 Å². The molecule has 1 aliphatic rings. The number of fused-ring (bicyclic) bond motifs is 1. The fourth-order valence-corrected chi connectivity index (χ4v) is 6.54. The number of hydrogen-bond acceptors (Lipinski definition) is 3. The number of sulfonamides is 1. The Morgan fingerprint density at radius 2 is 1.61 bits per heavy atom. The zero-order valence-electron chi connectivity index (χ0n) is 14.6. The minimum Gasteiger partial charge on any atom is -0.207 e. The molecular formula is C20H16F3NO2S2. The smallest absolute Gasteiger partial charge is 0.207 e. The number of alkyl halides is 3. The van der Waals surface area contributed by atoms with Crippen molar-refractivity contribution in [1.29, 1.82) is 0 Å². The third-order valence-corrected chi connectivity index (χ3v) is 7.95. The number of benzene rings is 3. The highest BCUT2D eigenvalue weighted by Crippen LogP contribution is 2.42. The van der Waals surface area contributed by atoms with E-state index in [-0.39, 0.29) is 4.90 Å². The molecule has 0 aromatic heterocycles. The number of nitrogens with zero attached hydrogens (tertiary/aromatic N) is 1. The van der Waals surface area contributed by atoms with E-state index in [2.05, 4.69) is 0 Å². The summed E-state index contributed by atoms with van der Waals surface area (Å²) in [6.07, 6.45) is -4.42. The van der Waals surface area contributed by atoms with Crippen molar-refractivity contribution in [1.82, 2.24) is 4.31 Å². The maximum Gasteiger partial charge on any atom is 0.416 e. The lowest BCUT2D eigenvalue weighted by atomic mass is 10.1. The summed E-state index contributed by atoms with van der Waals surface area (Å²) in [5, 5.41) is 1.22. The predicted molar refractivity (Wildman–Crippen MR) is 104 cm³/mol. The highest BCUT2D eigenvalue weighted by atomic mass is 32.2. The topological polar surface area (TPSA) is 37.4 Å². The Balaban J connectivity index is 1.68. The Morgan fingerprint density at radius 1 is 0.929 bits per heavy atom. The molecule has 3 nitrogen and oxygen atoms in total. The van der Waals surface area contributed by atoms with Gasteiger partial charge in [-0.3, -0.25) is 0 Å². The van der Waals surface area contributed by atoms with E-state index in [1.165, 1.54) is 28.2 Å². The molecule has 3 aromatic carbocycles. The minimum absolute atomic E-state index is 0.186. The third kappa shape index (κ3) is 3.52. The summed E-state index contributed by atoms with van der Waals surface area (Å²) >= 11 is 1.41. The first kappa shape index (κ1) is 19.3. The lowest BCUT2D eigenvalue weighted by molar-refractivity contribution is -0.137. The lowest BCUT2D eigenvalue weighted by Crippen LogP contribution is -2.30. The first-order valence-electron chi connectivity index (χ1n) is 8.56. The van der Waals surface area contributed by atoms with Crippen LogP contribution in [0.4, 0.5) is 13.2 Å². The van der Waals surface area contributed by atoms with Gasteiger partial charge in [0.25, 0.3) is 0 Å². The van der Waals surface area contributed by atoms with E-state index >= 15 is 0 Å². The molecule has 0 radical (unpaired) electrons. The van der Waals surface area contributed by atoms with Gasteiger partial charge in [0.05, 0.1) is 15.8 Å². The number of rotatable bonds is 3. The molecule has 3 aromatic rings. The second-order valence-electron chi connectivity index (χ2n) is 6.47. The standard InChI is InChI=1S/C20H16F3NO2S2/c21-20(22,23)17-8-5-15(6-9-17)19-24(11-12-27-19)28(25,26)18-10-7-14-3-1-2-4-16(14)13-18/h1-10,13,19H,11-12H2. The van der Waals surface area contributed by atoms with Gasteiger partial charge in [0.2, 0.25) is 10.0 Å². The zero-order valence-corrected chi connectivity index (χ0v) is 16.2. The van der Waals surface area contributed by atoms with Crippen LogP contribution in [0.2, 0.25) is 0 Å². The molecule has 146 valence electrons. The molecule has 1 fully saturated rings. The fourth-order valence-electron chi connectivity index (χ4n) is 3.26. The van der Waals surface area contributed by atoms with Crippen molar-refractivity contribution in [2.24, 2.45) is 0 Å². The zero-order chi connectivity index (χ0) is 19.9. The van der Waals surface area contributed by atoms with Gasteiger partial charge >= 0.3 is 6.18 Å². The van der Waals surface area contributed by atoms with Gasteiger partial charge in [-0.05, 0) is 40.6 Å². The molecule has 0 aliphatic carbocycles. The Morgan fingerprint density at radius 3 is 2.29 bits per heavy atom. The van der Waals surface area contributed by atoms with Gasteiger partial charge in [-0.25, -0.2) is 8.42 Å². The largest absolute Gasteiger partial charge is 0.416 e. The third-order valence-electron chi connectivity index (χ3n) is 4.70. The van der Waals surface area contributed by atoms with Crippen LogP contribution in [0.1, 0.15) is 16.5 Å². The molecule has 4 rings (SSSR count). The van der Waals surface area contributed by atoms with Crippen LogP contribution in [-0.2, 0) is 16.2 Å². The van der Waals surface area contributed by atoms with Gasteiger partial charge in [-0.2, -0.15) is 17.5 Å². The van der Waals surface area contributed by atoms with Gasteiger partial charge < -0.3 is 0 Å². The Kier molecular flexibility index (Phi) is 4.89. The fraction of sp³-hybridized carbons (Fsp3) is 0.200. The van der Waals surface area contributed by atoms with Crippen molar-refractivity contribution in [3.05, 3.63) is 77.9 Å². The van der Waals surface area contributed by atoms with Gasteiger partial charge in [0, 0.05) is 12.3 Å². The monoisotopic (exact) mass is 423 g/mol. The normalized spacial score (nSPS) is 18.6. The molecule has 1 unspecified atom stereocenters. The predicted octanol–water partition coefficient (Wildman–Crippen LogP) is 5.29. The highest BCUT2D eigenvalue weighted by molar-refractivity contribution is 8.01. The van der Waals surface area contributed by atoms with Crippen LogP contribution in [0.15, 0.2) is 71.6 Å². The molecule has 0 saturated carbocycles. The second kappa shape index (κ2) is 7.09. The summed E-state index contributed by atoms with van der Waals surface area (Å²) in [5.74, 6) is 0.582. The molecule has 28 heavy (non-hydrogen) atoms. The maximum absolute atomic E-state index is 13.2. The average molecular weight is 423 g/mol. The molecule has 8 heteroatoms. The van der Waals surface area contributed by atoms with Gasteiger partial charge in [-0.1, -0.05) is 42.5 Å². The van der Waals surface area contributed by atoms with Crippen molar-refractivity contribution < 1.29 is 21.6 Å². The quantitative estimate of drug-likeness (QED) is 0.574. The Labute approximate surface area is 165 Å². The molecule has 1 atom stereocenters. The molecule has 1 saturated heterocycles. The molecule has 0 spiro atoms. The summed E-state index contributed by atoms with van der Waals surface area (Å²) in [6.45, 7) is 0.311. The van der Waals surface area contributed by atoms with Crippen LogP contribution in [0.5, 0.6) is 0 Å². The summed E-state index contributed by atoms with van der Waals surface area (Å²) < 4.78 is 66.2. The summed E-state index contributed by atoms with van der Waals surface area (Å²) in [4.78, 5) is 0.186. The molecular weight excluding hydrogens is 407 g/mol. The van der Waals surface area contributed by atoms with Crippen LogP contribution in [-0.4, -0.2) is 25.0 Å². The first-order chi connectivity index (χ1) is 13.3. The van der Waals surface area contributed by atoms with Crippen LogP contribution >= 0.6 is 11.8 Å². The van der Waals surface area contributed by atoms with E-state index in [4.69, 9.17) is 0 Å². The van der Waals surface area contributed by atoms with Crippen molar-refractivity contribution in [3.63, 3.8) is 0 Å². The van der Waals surface area contributed by atoms with E-state index in [1.54, 1.807) is 18.2 Å². The van der Waals surface area contributed by atoms with Gasteiger partial charge in [0.1, 0.15) is 0 Å². The molecule has 0 bridgehead atoms. The maximum atomic E-state index is 13.2. The first-order valence-corrected chi connectivity index (χ1v) is 11.1. The van der Waals surface area contributed by atoms with Crippen LogP contribution < -0.4 is 0 Å². The minimum atomic E-state index is -4.42. The van der Waals surface area contributed by atoms with E-state index in [1.807, 2.05) is 24.3 Å². The summed E-state index contributed by atoms with van der Waals surface area (Å²) in [5.41, 5.74) is -0.206. The second-order valence-corrected chi connectivity index (χ2v) is 9.55. The van der Waals surface area contributed by atoms with E-state index in [0.717, 1.165) is 22.9 Å². The number of hydrogen-bond donors (Lipinski definition) is 0. The van der Waals surface area contributed by atoms with E-state index in [9.17, 15) is 21.6 Å². The summed E-state index contributed by atoms with van der Waals surface area (Å²) in [6, 6.07) is 17.2. The van der Waals surface area contributed by atoms with E-state index < -0.39 is 27.1 Å². The molecule has 0 amide bonds. The molecule has 1 heterocycles. The van der Waals surface area contributed by atoms with Gasteiger partial charge in [0.15, 0.2) is 0 Å².